The quantitative estimate of drug-likeness (QED) is 0.175. The second-order valence-electron chi connectivity index (χ2n) is 9.50. The lowest BCUT2D eigenvalue weighted by molar-refractivity contribution is -0.126. The summed E-state index contributed by atoms with van der Waals surface area (Å²) in [5, 5.41) is 0. The van der Waals surface area contributed by atoms with Crippen LogP contribution in [0.2, 0.25) is 0 Å². The molecule has 0 aliphatic rings. The molecule has 0 N–H and O–H groups in total. The Balaban J connectivity index is 1.26. The summed E-state index contributed by atoms with van der Waals surface area (Å²) in [6.07, 6.45) is 4.74. The molecule has 0 bridgehead atoms. The highest BCUT2D eigenvalue weighted by molar-refractivity contribution is 7.22. The number of halogens is 2. The maximum Gasteiger partial charge on any atom is 0.166 e. The Morgan fingerprint density at radius 2 is 1.74 bits per heavy atom. The Bertz CT molecular complexity index is 1680. The maximum atomic E-state index is 15.0. The van der Waals surface area contributed by atoms with E-state index in [2.05, 4.69) is 23.8 Å². The van der Waals surface area contributed by atoms with Gasteiger partial charge in [-0.25, -0.2) is 13.8 Å². The molecule has 3 heterocycles. The van der Waals surface area contributed by atoms with E-state index < -0.39 is 17.4 Å². The molecule has 0 spiro atoms. The van der Waals surface area contributed by atoms with Gasteiger partial charge in [0.15, 0.2) is 11.6 Å². The lowest BCUT2D eigenvalue weighted by atomic mass is 10.0. The fourth-order valence-corrected chi connectivity index (χ4v) is 5.18. The summed E-state index contributed by atoms with van der Waals surface area (Å²) in [5.74, 6) is -1.40. The Morgan fingerprint density at radius 3 is 2.49 bits per heavy atom. The van der Waals surface area contributed by atoms with Crippen LogP contribution >= 0.6 is 11.3 Å². The molecule has 0 radical (unpaired) electrons. The Morgan fingerprint density at radius 1 is 0.949 bits per heavy atom. The van der Waals surface area contributed by atoms with Gasteiger partial charge in [0.2, 0.25) is 0 Å². The zero-order valence-electron chi connectivity index (χ0n) is 21.4. The first-order valence-electron chi connectivity index (χ1n) is 12.4. The second-order valence-corrected chi connectivity index (χ2v) is 10.6. The number of ether oxygens (including phenoxy) is 1. The van der Waals surface area contributed by atoms with E-state index in [9.17, 15) is 18.4 Å². The number of pyridine rings is 1. The van der Waals surface area contributed by atoms with E-state index >= 15 is 0 Å². The minimum Gasteiger partial charge on any atom is -0.453 e. The molecular formula is C30H25F2N3O3S. The summed E-state index contributed by atoms with van der Waals surface area (Å²) >= 11 is 1.46. The van der Waals surface area contributed by atoms with Crippen molar-refractivity contribution in [1.82, 2.24) is 14.5 Å². The third-order valence-corrected chi connectivity index (χ3v) is 7.34. The molecule has 198 valence electrons. The van der Waals surface area contributed by atoms with Gasteiger partial charge in [-0.15, -0.1) is 11.3 Å². The van der Waals surface area contributed by atoms with E-state index in [1.165, 1.54) is 41.7 Å². The molecule has 0 fully saturated rings. The molecule has 2 aromatic carbocycles. The SMILES string of the molecule is CC(C)n1cnc(-c2cc3nccc(Oc4ccc(CC(=O)CC(=O)Cc5ccccc5F)cc4F)c3s2)c1. The smallest absolute Gasteiger partial charge is 0.166 e. The number of imidazole rings is 1. The molecule has 5 rings (SSSR count). The number of hydrogen-bond donors (Lipinski definition) is 0. The van der Waals surface area contributed by atoms with Gasteiger partial charge in [-0.3, -0.25) is 14.6 Å². The third-order valence-electron chi connectivity index (χ3n) is 6.18. The average molecular weight is 546 g/mol. The van der Waals surface area contributed by atoms with Crippen molar-refractivity contribution in [3.63, 3.8) is 0 Å². The lowest BCUT2D eigenvalue weighted by Gasteiger charge is -2.09. The van der Waals surface area contributed by atoms with Crippen molar-refractivity contribution in [3.05, 3.63) is 96.1 Å². The van der Waals surface area contributed by atoms with Crippen molar-refractivity contribution in [2.24, 2.45) is 0 Å². The predicted molar refractivity (Wildman–Crippen MR) is 146 cm³/mol. The van der Waals surface area contributed by atoms with E-state index in [1.807, 2.05) is 16.8 Å². The molecular weight excluding hydrogens is 520 g/mol. The van der Waals surface area contributed by atoms with E-state index in [0.29, 0.717) is 22.9 Å². The Hall–Kier alpha value is -4.24. The molecule has 6 nitrogen and oxygen atoms in total. The number of carbonyl (C=O) groups excluding carboxylic acids is 2. The minimum absolute atomic E-state index is 0.00774. The maximum absolute atomic E-state index is 15.0. The van der Waals surface area contributed by atoms with Crippen LogP contribution in [0.3, 0.4) is 0 Å². The number of ketones is 2. The number of rotatable bonds is 10. The fraction of sp³-hybridized carbons (Fsp3) is 0.200. The van der Waals surface area contributed by atoms with Crippen LogP contribution in [0.4, 0.5) is 8.78 Å². The van der Waals surface area contributed by atoms with E-state index in [0.717, 1.165) is 15.3 Å². The molecule has 5 aromatic rings. The molecule has 0 saturated carbocycles. The summed E-state index contributed by atoms with van der Waals surface area (Å²) in [4.78, 5) is 34.5. The zero-order valence-corrected chi connectivity index (χ0v) is 22.2. The van der Waals surface area contributed by atoms with Crippen LogP contribution in [0.1, 0.15) is 37.4 Å². The standard InChI is InChI=1S/C30H25F2N3O3S/c1-18(2)35-16-26(34-17-35)29-15-25-30(39-29)28(9-10-33-25)38-27-8-7-19(12-24(27)32)11-21(36)14-22(37)13-20-5-3-4-6-23(20)31/h3-10,12,15-18H,11,13-14H2,1-2H3. The highest BCUT2D eigenvalue weighted by Gasteiger charge is 2.17. The number of fused-ring (bicyclic) bond motifs is 1. The number of hydrogen-bond acceptors (Lipinski definition) is 6. The lowest BCUT2D eigenvalue weighted by Crippen LogP contribution is -2.13. The van der Waals surface area contributed by atoms with Crippen molar-refractivity contribution in [2.75, 3.05) is 0 Å². The largest absolute Gasteiger partial charge is 0.453 e. The van der Waals surface area contributed by atoms with E-state index in [1.54, 1.807) is 30.7 Å². The van der Waals surface area contributed by atoms with Gasteiger partial charge in [0.25, 0.3) is 0 Å². The normalized spacial score (nSPS) is 11.3. The predicted octanol–water partition coefficient (Wildman–Crippen LogP) is 7.12. The van der Waals surface area contributed by atoms with Gasteiger partial charge < -0.3 is 9.30 Å². The number of Topliss-reactive ketones (excluding diaryl/α,β-unsaturated/α-hetero) is 2. The van der Waals surface area contributed by atoms with Gasteiger partial charge in [-0.05, 0) is 49.2 Å². The summed E-state index contributed by atoms with van der Waals surface area (Å²) in [5.41, 5.74) is 2.21. The highest BCUT2D eigenvalue weighted by atomic mass is 32.1. The van der Waals surface area contributed by atoms with Gasteiger partial charge in [0.1, 0.15) is 23.1 Å². The van der Waals surface area contributed by atoms with Crippen molar-refractivity contribution in [1.29, 1.82) is 0 Å². The van der Waals surface area contributed by atoms with Crippen LogP contribution in [-0.2, 0) is 22.4 Å². The van der Waals surface area contributed by atoms with Gasteiger partial charge >= 0.3 is 0 Å². The van der Waals surface area contributed by atoms with Crippen LogP contribution in [-0.4, -0.2) is 26.1 Å². The highest BCUT2D eigenvalue weighted by Crippen LogP contribution is 2.39. The van der Waals surface area contributed by atoms with Crippen LogP contribution < -0.4 is 4.74 Å². The van der Waals surface area contributed by atoms with Gasteiger partial charge in [-0.2, -0.15) is 0 Å². The van der Waals surface area contributed by atoms with Crippen molar-refractivity contribution in [2.45, 2.75) is 39.2 Å². The van der Waals surface area contributed by atoms with Crippen molar-refractivity contribution < 1.29 is 23.1 Å². The molecule has 3 aromatic heterocycles. The summed E-state index contributed by atoms with van der Waals surface area (Å²) < 4.78 is 37.4. The van der Waals surface area contributed by atoms with Crippen LogP contribution in [0.25, 0.3) is 20.8 Å². The Labute approximate surface area is 227 Å². The number of thiophene rings is 1. The fourth-order valence-electron chi connectivity index (χ4n) is 4.15. The molecule has 0 aliphatic carbocycles. The third kappa shape index (κ3) is 6.09. The van der Waals surface area contributed by atoms with Gasteiger partial charge in [-0.1, -0.05) is 24.3 Å². The number of aromatic nitrogens is 3. The minimum atomic E-state index is -0.629. The zero-order chi connectivity index (χ0) is 27.5. The molecule has 0 amide bonds. The summed E-state index contributed by atoms with van der Waals surface area (Å²) in [7, 11) is 0. The van der Waals surface area contributed by atoms with Crippen LogP contribution in [0.5, 0.6) is 11.5 Å². The molecule has 0 unspecified atom stereocenters. The molecule has 0 saturated heterocycles. The van der Waals surface area contributed by atoms with Crippen molar-refractivity contribution in [3.8, 4) is 22.1 Å². The van der Waals surface area contributed by atoms with Gasteiger partial charge in [0.05, 0.1) is 33.5 Å². The topological polar surface area (TPSA) is 74.1 Å². The second kappa shape index (κ2) is 11.2. The summed E-state index contributed by atoms with van der Waals surface area (Å²) in [6.45, 7) is 4.15. The first-order chi connectivity index (χ1) is 18.8. The molecule has 0 aliphatic heterocycles. The van der Waals surface area contributed by atoms with Crippen LogP contribution in [0.15, 0.2) is 73.3 Å². The number of nitrogens with zero attached hydrogens (tertiary/aromatic N) is 3. The van der Waals surface area contributed by atoms with Crippen molar-refractivity contribution >= 4 is 33.1 Å². The first-order valence-corrected chi connectivity index (χ1v) is 13.2. The number of carbonyl (C=O) groups is 2. The Kier molecular flexibility index (Phi) is 7.60. The van der Waals surface area contributed by atoms with Crippen LogP contribution in [0, 0.1) is 11.6 Å². The van der Waals surface area contributed by atoms with E-state index in [4.69, 9.17) is 4.74 Å². The number of benzene rings is 2. The first kappa shape index (κ1) is 26.4. The molecule has 9 heteroatoms. The average Bonchev–Trinajstić information content (AvgIpc) is 3.55. The monoisotopic (exact) mass is 545 g/mol. The molecule has 39 heavy (non-hydrogen) atoms. The van der Waals surface area contributed by atoms with Gasteiger partial charge in [0, 0.05) is 37.3 Å². The summed E-state index contributed by atoms with van der Waals surface area (Å²) in [6, 6.07) is 14.1. The molecule has 0 atom stereocenters. The van der Waals surface area contributed by atoms with E-state index in [-0.39, 0.29) is 36.4 Å².